The van der Waals surface area contributed by atoms with Gasteiger partial charge in [0.2, 0.25) is 0 Å². The minimum atomic E-state index is -0.418. The zero-order valence-corrected chi connectivity index (χ0v) is 16.9. The molecule has 7 nitrogen and oxygen atoms in total. The van der Waals surface area contributed by atoms with Gasteiger partial charge in [-0.2, -0.15) is 5.10 Å². The van der Waals surface area contributed by atoms with Crippen LogP contribution in [-0.2, 0) is 6.54 Å². The summed E-state index contributed by atoms with van der Waals surface area (Å²) < 4.78 is 15.2. The maximum atomic E-state index is 13.9. The van der Waals surface area contributed by atoms with Crippen molar-refractivity contribution in [3.63, 3.8) is 0 Å². The molecule has 0 bridgehead atoms. The van der Waals surface area contributed by atoms with Crippen molar-refractivity contribution in [3.8, 4) is 5.69 Å². The fraction of sp³-hybridized carbons (Fsp3) is 0.227. The van der Waals surface area contributed by atoms with E-state index in [0.29, 0.717) is 24.2 Å². The predicted octanol–water partition coefficient (Wildman–Crippen LogP) is 2.23. The molecular formula is C22H24FN5O2. The zero-order valence-electron chi connectivity index (χ0n) is 16.9. The Bertz CT molecular complexity index is 1010. The third-order valence-corrected chi connectivity index (χ3v) is 4.46. The lowest BCUT2D eigenvalue weighted by atomic mass is 10.1. The van der Waals surface area contributed by atoms with Gasteiger partial charge < -0.3 is 15.5 Å². The first-order valence-electron chi connectivity index (χ1n) is 9.53. The van der Waals surface area contributed by atoms with Gasteiger partial charge in [-0.1, -0.05) is 24.3 Å². The van der Waals surface area contributed by atoms with E-state index in [-0.39, 0.29) is 17.5 Å². The fourth-order valence-corrected chi connectivity index (χ4v) is 2.76. The molecule has 0 aliphatic heterocycles. The lowest BCUT2D eigenvalue weighted by Crippen LogP contribution is -2.31. The molecule has 8 heteroatoms. The van der Waals surface area contributed by atoms with Gasteiger partial charge in [-0.25, -0.2) is 9.07 Å². The van der Waals surface area contributed by atoms with Gasteiger partial charge in [-0.3, -0.25) is 9.59 Å². The summed E-state index contributed by atoms with van der Waals surface area (Å²) >= 11 is 0. The van der Waals surface area contributed by atoms with Crippen LogP contribution in [0, 0.1) is 5.82 Å². The van der Waals surface area contributed by atoms with Crippen molar-refractivity contribution in [2.75, 3.05) is 27.2 Å². The largest absolute Gasteiger partial charge is 0.351 e. The second-order valence-corrected chi connectivity index (χ2v) is 7.06. The molecule has 30 heavy (non-hydrogen) atoms. The summed E-state index contributed by atoms with van der Waals surface area (Å²) in [6.07, 6.45) is 2.87. The average molecular weight is 409 g/mol. The molecule has 3 rings (SSSR count). The summed E-state index contributed by atoms with van der Waals surface area (Å²) in [5, 5.41) is 9.71. The van der Waals surface area contributed by atoms with Gasteiger partial charge in [-0.05, 0) is 43.9 Å². The molecule has 1 aromatic heterocycles. The van der Waals surface area contributed by atoms with Crippen LogP contribution in [0.2, 0.25) is 0 Å². The van der Waals surface area contributed by atoms with Gasteiger partial charge in [0.1, 0.15) is 11.5 Å². The molecule has 2 N–H and O–H groups in total. The SMILES string of the molecule is CN(C)CCNC(=O)c1ccc(CNC(=O)c2cnn(-c3ccccc3F)c2)cc1. The molecule has 0 spiro atoms. The summed E-state index contributed by atoms with van der Waals surface area (Å²) in [4.78, 5) is 26.5. The van der Waals surface area contributed by atoms with E-state index in [1.165, 1.54) is 23.1 Å². The van der Waals surface area contributed by atoms with Crippen molar-refractivity contribution in [2.45, 2.75) is 6.54 Å². The standard InChI is InChI=1S/C22H24FN5O2/c1-27(2)12-11-24-21(29)17-9-7-16(8-10-17)13-25-22(30)18-14-26-28(15-18)20-6-4-3-5-19(20)23/h3-10,14-15H,11-13H2,1-2H3,(H,24,29)(H,25,30). The number of halogens is 1. The summed E-state index contributed by atoms with van der Waals surface area (Å²) in [6.45, 7) is 1.64. The molecular weight excluding hydrogens is 385 g/mol. The number of nitrogens with zero attached hydrogens (tertiary/aromatic N) is 3. The highest BCUT2D eigenvalue weighted by molar-refractivity contribution is 5.94. The molecule has 0 unspecified atom stereocenters. The molecule has 1 heterocycles. The second-order valence-electron chi connectivity index (χ2n) is 7.06. The van der Waals surface area contributed by atoms with Crippen molar-refractivity contribution in [1.29, 1.82) is 0 Å². The number of amides is 2. The number of likely N-dealkylation sites (N-methyl/N-ethyl adjacent to an activating group) is 1. The van der Waals surface area contributed by atoms with Crippen molar-refractivity contribution in [2.24, 2.45) is 0 Å². The number of rotatable bonds is 8. The molecule has 2 amide bonds. The highest BCUT2D eigenvalue weighted by atomic mass is 19.1. The van der Waals surface area contributed by atoms with Gasteiger partial charge in [-0.15, -0.1) is 0 Å². The van der Waals surface area contributed by atoms with Crippen LogP contribution in [0.5, 0.6) is 0 Å². The molecule has 0 aliphatic rings. The van der Waals surface area contributed by atoms with Crippen LogP contribution in [0.15, 0.2) is 60.9 Å². The summed E-state index contributed by atoms with van der Waals surface area (Å²) in [6, 6.07) is 13.3. The first kappa shape index (κ1) is 21.2. The van der Waals surface area contributed by atoms with E-state index < -0.39 is 5.82 Å². The molecule has 3 aromatic rings. The van der Waals surface area contributed by atoms with E-state index in [0.717, 1.165) is 12.1 Å². The first-order chi connectivity index (χ1) is 14.4. The highest BCUT2D eigenvalue weighted by Crippen LogP contribution is 2.13. The Labute approximate surface area is 174 Å². The van der Waals surface area contributed by atoms with E-state index in [9.17, 15) is 14.0 Å². The third kappa shape index (κ3) is 5.51. The van der Waals surface area contributed by atoms with E-state index in [4.69, 9.17) is 0 Å². The second kappa shape index (κ2) is 9.80. The Hall–Kier alpha value is -3.52. The van der Waals surface area contributed by atoms with E-state index >= 15 is 0 Å². The Kier molecular flexibility index (Phi) is 6.92. The van der Waals surface area contributed by atoms with Crippen LogP contribution in [0.25, 0.3) is 5.69 Å². The molecule has 0 radical (unpaired) electrons. The van der Waals surface area contributed by atoms with Crippen molar-refractivity contribution in [1.82, 2.24) is 25.3 Å². The smallest absolute Gasteiger partial charge is 0.254 e. The minimum absolute atomic E-state index is 0.131. The summed E-state index contributed by atoms with van der Waals surface area (Å²) in [5.74, 6) is -0.866. The molecule has 0 saturated heterocycles. The van der Waals surface area contributed by atoms with E-state index in [2.05, 4.69) is 15.7 Å². The van der Waals surface area contributed by atoms with Gasteiger partial charge in [0.25, 0.3) is 11.8 Å². The molecule has 156 valence electrons. The quantitative estimate of drug-likeness (QED) is 0.598. The lowest BCUT2D eigenvalue weighted by molar-refractivity contribution is 0.0941. The van der Waals surface area contributed by atoms with Gasteiger partial charge >= 0.3 is 0 Å². The fourth-order valence-electron chi connectivity index (χ4n) is 2.76. The maximum absolute atomic E-state index is 13.9. The first-order valence-corrected chi connectivity index (χ1v) is 9.53. The van der Waals surface area contributed by atoms with Crippen LogP contribution in [-0.4, -0.2) is 53.7 Å². The minimum Gasteiger partial charge on any atom is -0.351 e. The molecule has 0 atom stereocenters. The molecule has 0 fully saturated rings. The number of carbonyl (C=O) groups excluding carboxylic acids is 2. The Morgan fingerprint density at radius 3 is 2.40 bits per heavy atom. The van der Waals surface area contributed by atoms with Crippen molar-refractivity contribution < 1.29 is 14.0 Å². The summed E-state index contributed by atoms with van der Waals surface area (Å²) in [7, 11) is 3.89. The summed E-state index contributed by atoms with van der Waals surface area (Å²) in [5.41, 5.74) is 2.02. The van der Waals surface area contributed by atoms with Crippen LogP contribution in [0.4, 0.5) is 4.39 Å². The Morgan fingerprint density at radius 2 is 1.70 bits per heavy atom. The number of aromatic nitrogens is 2. The number of nitrogens with one attached hydrogen (secondary N) is 2. The van der Waals surface area contributed by atoms with E-state index in [1.807, 2.05) is 19.0 Å². The number of hydrogen-bond acceptors (Lipinski definition) is 4. The lowest BCUT2D eigenvalue weighted by Gasteiger charge is -2.10. The number of para-hydroxylation sites is 1. The third-order valence-electron chi connectivity index (χ3n) is 4.46. The van der Waals surface area contributed by atoms with E-state index in [1.54, 1.807) is 42.5 Å². The van der Waals surface area contributed by atoms with Gasteiger partial charge in [0.15, 0.2) is 0 Å². The number of benzene rings is 2. The molecule has 0 saturated carbocycles. The van der Waals surface area contributed by atoms with Crippen LogP contribution in [0.1, 0.15) is 26.3 Å². The van der Waals surface area contributed by atoms with Crippen LogP contribution < -0.4 is 10.6 Å². The number of hydrogen-bond donors (Lipinski definition) is 2. The zero-order chi connectivity index (χ0) is 21.5. The van der Waals surface area contributed by atoms with Crippen molar-refractivity contribution >= 4 is 11.8 Å². The Morgan fingerprint density at radius 1 is 1.00 bits per heavy atom. The average Bonchev–Trinajstić information content (AvgIpc) is 3.22. The molecule has 2 aromatic carbocycles. The van der Waals surface area contributed by atoms with Crippen LogP contribution in [0.3, 0.4) is 0 Å². The predicted molar refractivity (Wildman–Crippen MR) is 112 cm³/mol. The Balaban J connectivity index is 1.54. The normalized spacial score (nSPS) is 10.8. The number of carbonyl (C=O) groups is 2. The topological polar surface area (TPSA) is 79.3 Å². The van der Waals surface area contributed by atoms with Gasteiger partial charge in [0, 0.05) is 31.4 Å². The van der Waals surface area contributed by atoms with Gasteiger partial charge in [0.05, 0.1) is 11.8 Å². The van der Waals surface area contributed by atoms with Crippen molar-refractivity contribution in [3.05, 3.63) is 83.4 Å². The highest BCUT2D eigenvalue weighted by Gasteiger charge is 2.11. The van der Waals surface area contributed by atoms with Crippen LogP contribution >= 0.6 is 0 Å². The molecule has 0 aliphatic carbocycles. The monoisotopic (exact) mass is 409 g/mol. The maximum Gasteiger partial charge on any atom is 0.254 e.